The summed E-state index contributed by atoms with van der Waals surface area (Å²) in [5.41, 5.74) is 2.64. The molecule has 0 aliphatic carbocycles. The van der Waals surface area contributed by atoms with E-state index in [1.165, 1.54) is 0 Å². The minimum absolute atomic E-state index is 0.295. The lowest BCUT2D eigenvalue weighted by atomic mass is 10.2. The van der Waals surface area contributed by atoms with Crippen LogP contribution in [0.25, 0.3) is 0 Å². The van der Waals surface area contributed by atoms with Crippen molar-refractivity contribution in [1.82, 2.24) is 9.78 Å². The van der Waals surface area contributed by atoms with Crippen LogP contribution >= 0.6 is 0 Å². The van der Waals surface area contributed by atoms with Gasteiger partial charge in [-0.05, 0) is 25.8 Å². The molecule has 0 aliphatic heterocycles. The van der Waals surface area contributed by atoms with Crippen molar-refractivity contribution >= 4 is 11.8 Å². The van der Waals surface area contributed by atoms with Gasteiger partial charge in [-0.15, -0.1) is 0 Å². The third-order valence-electron chi connectivity index (χ3n) is 3.77. The fraction of sp³-hybridized carbons (Fsp3) is 0.400. The number of aryl methyl sites for hydroxylation is 1. The van der Waals surface area contributed by atoms with Crippen molar-refractivity contribution in [3.05, 3.63) is 59.4 Å². The number of rotatable bonds is 10. The first-order valence-corrected chi connectivity index (χ1v) is 8.92. The molecule has 0 fully saturated rings. The van der Waals surface area contributed by atoms with Crippen LogP contribution in [0.5, 0.6) is 0 Å². The highest BCUT2D eigenvalue weighted by Gasteiger charge is 2.09. The van der Waals surface area contributed by atoms with E-state index >= 15 is 0 Å². The third-order valence-corrected chi connectivity index (χ3v) is 3.77. The number of carbonyl (C=O) groups excluding carboxylic acids is 1. The molecule has 0 radical (unpaired) electrons. The second-order valence-electron chi connectivity index (χ2n) is 5.82. The lowest BCUT2D eigenvalue weighted by Crippen LogP contribution is -2.12. The number of aromatic nitrogens is 2. The van der Waals surface area contributed by atoms with Gasteiger partial charge in [-0.25, -0.2) is 9.48 Å². The molecule has 1 N–H and O–H groups in total. The molecule has 2 rings (SSSR count). The first kappa shape index (κ1) is 19.7. The van der Waals surface area contributed by atoms with Gasteiger partial charge in [0.05, 0.1) is 37.6 Å². The van der Waals surface area contributed by atoms with Gasteiger partial charge >= 0.3 is 5.97 Å². The Morgan fingerprint density at radius 2 is 2.04 bits per heavy atom. The van der Waals surface area contributed by atoms with Gasteiger partial charge in [0, 0.05) is 12.3 Å². The number of esters is 1. The molecule has 26 heavy (non-hydrogen) atoms. The summed E-state index contributed by atoms with van der Waals surface area (Å²) in [6.07, 6.45) is 2.29. The Kier molecular flexibility index (Phi) is 7.89. The zero-order valence-electron chi connectivity index (χ0n) is 15.7. The molecule has 2 aromatic rings. The van der Waals surface area contributed by atoms with Gasteiger partial charge < -0.3 is 14.8 Å². The zero-order valence-corrected chi connectivity index (χ0v) is 15.7. The number of ether oxygens (including phenoxy) is 2. The maximum absolute atomic E-state index is 11.9. The molecule has 0 aliphatic rings. The fourth-order valence-electron chi connectivity index (χ4n) is 2.44. The Morgan fingerprint density at radius 3 is 2.73 bits per heavy atom. The van der Waals surface area contributed by atoms with Crippen LogP contribution < -0.4 is 5.32 Å². The number of nitrogens with zero attached hydrogens (tertiary/aromatic N) is 2. The molecule has 0 amide bonds. The van der Waals surface area contributed by atoms with Crippen LogP contribution in [0.1, 0.15) is 31.5 Å². The van der Waals surface area contributed by atoms with E-state index in [0.717, 1.165) is 17.1 Å². The molecular formula is C20H27N3O3. The molecule has 1 heterocycles. The summed E-state index contributed by atoms with van der Waals surface area (Å²) in [5, 5.41) is 7.63. The summed E-state index contributed by atoms with van der Waals surface area (Å²) < 4.78 is 12.6. The number of carbonyl (C=O) groups is 1. The standard InChI is InChI=1S/C20H27N3O3/c1-4-18(20(24)26-5-2)14-21-19-13-16(3)22-23(19)11-12-25-15-17-9-7-6-8-10-17/h6-10,13-14,21H,4-5,11-12,15H2,1-3H3/b18-14+. The Labute approximate surface area is 154 Å². The zero-order chi connectivity index (χ0) is 18.8. The second-order valence-corrected chi connectivity index (χ2v) is 5.82. The molecule has 1 aromatic heterocycles. The average molecular weight is 357 g/mol. The van der Waals surface area contributed by atoms with Crippen LogP contribution in [0.15, 0.2) is 48.2 Å². The number of hydrogen-bond acceptors (Lipinski definition) is 5. The van der Waals surface area contributed by atoms with E-state index in [1.54, 1.807) is 13.1 Å². The molecule has 6 nitrogen and oxygen atoms in total. The first-order chi connectivity index (χ1) is 12.6. The monoisotopic (exact) mass is 357 g/mol. The van der Waals surface area contributed by atoms with Gasteiger partial charge in [-0.3, -0.25) is 0 Å². The molecule has 0 saturated carbocycles. The van der Waals surface area contributed by atoms with E-state index in [4.69, 9.17) is 9.47 Å². The van der Waals surface area contributed by atoms with Gasteiger partial charge in [0.1, 0.15) is 5.82 Å². The second kappa shape index (κ2) is 10.4. The average Bonchev–Trinajstić information content (AvgIpc) is 3.00. The summed E-state index contributed by atoms with van der Waals surface area (Å²) in [4.78, 5) is 11.9. The first-order valence-electron chi connectivity index (χ1n) is 8.92. The van der Waals surface area contributed by atoms with Crippen LogP contribution in [0, 0.1) is 6.92 Å². The maximum Gasteiger partial charge on any atom is 0.335 e. The van der Waals surface area contributed by atoms with E-state index in [1.807, 2.05) is 54.9 Å². The Bertz CT molecular complexity index is 723. The molecule has 6 heteroatoms. The molecule has 0 spiro atoms. The normalized spacial score (nSPS) is 11.4. The van der Waals surface area contributed by atoms with Crippen molar-refractivity contribution in [3.8, 4) is 0 Å². The van der Waals surface area contributed by atoms with Gasteiger partial charge in [0.2, 0.25) is 0 Å². The Morgan fingerprint density at radius 1 is 1.27 bits per heavy atom. The fourth-order valence-corrected chi connectivity index (χ4v) is 2.44. The molecule has 0 atom stereocenters. The van der Waals surface area contributed by atoms with E-state index in [9.17, 15) is 4.79 Å². The summed E-state index contributed by atoms with van der Waals surface area (Å²) in [6, 6.07) is 12.0. The van der Waals surface area contributed by atoms with Crippen LogP contribution in [-0.4, -0.2) is 29.0 Å². The smallest absolute Gasteiger partial charge is 0.335 e. The Hall–Kier alpha value is -2.60. The minimum atomic E-state index is -0.295. The van der Waals surface area contributed by atoms with E-state index < -0.39 is 0 Å². The van der Waals surface area contributed by atoms with Crippen LogP contribution in [0.4, 0.5) is 5.82 Å². The summed E-state index contributed by atoms with van der Waals surface area (Å²) in [6.45, 7) is 7.77. The number of anilines is 1. The van der Waals surface area contributed by atoms with Gasteiger partial charge in [-0.1, -0.05) is 37.3 Å². The molecular weight excluding hydrogens is 330 g/mol. The van der Waals surface area contributed by atoms with Crippen molar-refractivity contribution in [2.45, 2.75) is 40.3 Å². The van der Waals surface area contributed by atoms with Crippen molar-refractivity contribution in [1.29, 1.82) is 0 Å². The van der Waals surface area contributed by atoms with Crippen LogP contribution in [-0.2, 0) is 27.4 Å². The summed E-state index contributed by atoms with van der Waals surface area (Å²) in [7, 11) is 0. The van der Waals surface area contributed by atoms with E-state index in [0.29, 0.717) is 38.4 Å². The number of hydrogen-bond donors (Lipinski definition) is 1. The largest absolute Gasteiger partial charge is 0.463 e. The molecule has 0 saturated heterocycles. The summed E-state index contributed by atoms with van der Waals surface area (Å²) in [5.74, 6) is 0.526. The lowest BCUT2D eigenvalue weighted by Gasteiger charge is -2.09. The highest BCUT2D eigenvalue weighted by molar-refractivity contribution is 5.88. The SMILES string of the molecule is CCOC(=O)/C(=C/Nc1cc(C)nn1CCOCc1ccccc1)CC. The van der Waals surface area contributed by atoms with Crippen molar-refractivity contribution in [2.24, 2.45) is 0 Å². The minimum Gasteiger partial charge on any atom is -0.463 e. The van der Waals surface area contributed by atoms with Gasteiger partial charge in [-0.2, -0.15) is 5.10 Å². The van der Waals surface area contributed by atoms with Crippen LogP contribution in [0.3, 0.4) is 0 Å². The Balaban J connectivity index is 1.91. The molecule has 1 aromatic carbocycles. The topological polar surface area (TPSA) is 65.4 Å². The van der Waals surface area contributed by atoms with E-state index in [-0.39, 0.29) is 5.97 Å². The van der Waals surface area contributed by atoms with Crippen molar-refractivity contribution in [2.75, 3.05) is 18.5 Å². The quantitative estimate of drug-likeness (QED) is 0.399. The van der Waals surface area contributed by atoms with E-state index in [2.05, 4.69) is 10.4 Å². The molecule has 0 unspecified atom stereocenters. The van der Waals surface area contributed by atoms with Crippen LogP contribution in [0.2, 0.25) is 0 Å². The lowest BCUT2D eigenvalue weighted by molar-refractivity contribution is -0.138. The predicted molar refractivity (Wildman–Crippen MR) is 102 cm³/mol. The predicted octanol–water partition coefficient (Wildman–Crippen LogP) is 3.68. The molecule has 140 valence electrons. The molecule has 0 bridgehead atoms. The van der Waals surface area contributed by atoms with Gasteiger partial charge in [0.25, 0.3) is 0 Å². The van der Waals surface area contributed by atoms with Crippen molar-refractivity contribution < 1.29 is 14.3 Å². The summed E-state index contributed by atoms with van der Waals surface area (Å²) >= 11 is 0. The highest BCUT2D eigenvalue weighted by Crippen LogP contribution is 2.12. The maximum atomic E-state index is 11.9. The third kappa shape index (κ3) is 6.04. The number of nitrogens with one attached hydrogen (secondary N) is 1. The van der Waals surface area contributed by atoms with Gasteiger partial charge in [0.15, 0.2) is 0 Å². The number of benzene rings is 1. The van der Waals surface area contributed by atoms with Crippen molar-refractivity contribution in [3.63, 3.8) is 0 Å². The highest BCUT2D eigenvalue weighted by atomic mass is 16.5.